The first-order valence-corrected chi connectivity index (χ1v) is 11.1. The van der Waals surface area contributed by atoms with Crippen LogP contribution in [0, 0.1) is 0 Å². The summed E-state index contributed by atoms with van der Waals surface area (Å²) in [5.41, 5.74) is 4.55. The minimum absolute atomic E-state index is 0.375. The van der Waals surface area contributed by atoms with Crippen LogP contribution in [-0.4, -0.2) is 32.9 Å². The Morgan fingerprint density at radius 3 is 2.44 bits per heavy atom. The summed E-state index contributed by atoms with van der Waals surface area (Å²) in [4.78, 5) is 12.6. The van der Waals surface area contributed by atoms with E-state index in [0.29, 0.717) is 52.4 Å². The van der Waals surface area contributed by atoms with Crippen molar-refractivity contribution in [2.75, 3.05) is 20.8 Å². The van der Waals surface area contributed by atoms with E-state index in [9.17, 15) is 4.79 Å². The fraction of sp³-hybridized carbons (Fsp3) is 0.231. The molecule has 0 fully saturated rings. The molecule has 0 atom stereocenters. The third-order valence-electron chi connectivity index (χ3n) is 4.74. The predicted octanol–water partition coefficient (Wildman–Crippen LogP) is 5.49. The molecule has 34 heavy (non-hydrogen) atoms. The van der Waals surface area contributed by atoms with Crippen LogP contribution in [0.3, 0.4) is 0 Å². The second-order valence-corrected chi connectivity index (χ2v) is 7.63. The molecule has 0 radical (unpaired) electrons. The van der Waals surface area contributed by atoms with Gasteiger partial charge in [0.05, 0.1) is 32.1 Å². The maximum Gasteiger partial charge on any atom is 0.271 e. The van der Waals surface area contributed by atoms with E-state index < -0.39 is 5.91 Å². The topological polar surface area (TPSA) is 78.4 Å². The number of carbonyl (C=O) groups excluding carboxylic acids is 1. The minimum atomic E-state index is -0.398. The molecule has 1 N–H and O–H groups in total. The number of ether oxygens (including phenoxy) is 4. The van der Waals surface area contributed by atoms with E-state index in [2.05, 4.69) is 10.5 Å². The van der Waals surface area contributed by atoms with Crippen LogP contribution in [-0.2, 0) is 6.61 Å². The molecule has 3 rings (SSSR count). The number of carbonyl (C=O) groups is 1. The van der Waals surface area contributed by atoms with Crippen LogP contribution in [0.5, 0.6) is 23.0 Å². The Kier molecular flexibility index (Phi) is 9.17. The highest BCUT2D eigenvalue weighted by atomic mass is 35.5. The average molecular weight is 483 g/mol. The zero-order valence-corrected chi connectivity index (χ0v) is 20.1. The van der Waals surface area contributed by atoms with Crippen molar-refractivity contribution >= 4 is 23.7 Å². The number of hydrazone groups is 1. The van der Waals surface area contributed by atoms with Gasteiger partial charge < -0.3 is 18.9 Å². The van der Waals surface area contributed by atoms with E-state index in [4.69, 9.17) is 30.5 Å². The highest BCUT2D eigenvalue weighted by Crippen LogP contribution is 2.36. The van der Waals surface area contributed by atoms with Crippen molar-refractivity contribution in [2.24, 2.45) is 5.10 Å². The van der Waals surface area contributed by atoms with Gasteiger partial charge in [-0.25, -0.2) is 5.43 Å². The van der Waals surface area contributed by atoms with Crippen molar-refractivity contribution in [3.8, 4) is 23.0 Å². The normalized spacial score (nSPS) is 10.7. The zero-order chi connectivity index (χ0) is 24.3. The van der Waals surface area contributed by atoms with Gasteiger partial charge in [-0.3, -0.25) is 4.79 Å². The number of benzene rings is 3. The van der Waals surface area contributed by atoms with Crippen LogP contribution in [0.4, 0.5) is 0 Å². The molecule has 3 aromatic carbocycles. The van der Waals surface area contributed by atoms with Gasteiger partial charge in [0.2, 0.25) is 0 Å². The van der Waals surface area contributed by atoms with Crippen LogP contribution < -0.4 is 24.4 Å². The third kappa shape index (κ3) is 6.65. The van der Waals surface area contributed by atoms with Crippen molar-refractivity contribution in [3.63, 3.8) is 0 Å². The van der Waals surface area contributed by atoms with Gasteiger partial charge in [0.1, 0.15) is 6.61 Å². The lowest BCUT2D eigenvalue weighted by molar-refractivity contribution is 0.0954. The first kappa shape index (κ1) is 24.9. The average Bonchev–Trinajstić information content (AvgIpc) is 2.87. The molecule has 0 bridgehead atoms. The molecule has 0 saturated heterocycles. The Hall–Kier alpha value is -3.71. The van der Waals surface area contributed by atoms with Gasteiger partial charge in [0.15, 0.2) is 23.0 Å². The van der Waals surface area contributed by atoms with Crippen LogP contribution in [0.2, 0.25) is 5.02 Å². The van der Waals surface area contributed by atoms with Crippen molar-refractivity contribution in [2.45, 2.75) is 20.0 Å². The van der Waals surface area contributed by atoms with Crippen molar-refractivity contribution < 1.29 is 23.7 Å². The summed E-state index contributed by atoms with van der Waals surface area (Å²) in [6.45, 7) is 2.92. The molecule has 0 heterocycles. The maximum absolute atomic E-state index is 12.6. The minimum Gasteiger partial charge on any atom is -0.493 e. The van der Waals surface area contributed by atoms with Gasteiger partial charge in [-0.2, -0.15) is 5.10 Å². The Balaban J connectivity index is 1.65. The molecule has 0 unspecified atom stereocenters. The number of nitrogens with zero attached hydrogens (tertiary/aromatic N) is 1. The van der Waals surface area contributed by atoms with E-state index in [0.717, 1.165) is 12.0 Å². The van der Waals surface area contributed by atoms with Crippen LogP contribution >= 0.6 is 11.6 Å². The smallest absolute Gasteiger partial charge is 0.271 e. The lowest BCUT2D eigenvalue weighted by Gasteiger charge is -2.12. The van der Waals surface area contributed by atoms with E-state index >= 15 is 0 Å². The summed E-state index contributed by atoms with van der Waals surface area (Å²) in [6.07, 6.45) is 2.32. The van der Waals surface area contributed by atoms with E-state index in [1.54, 1.807) is 30.3 Å². The molecule has 0 aliphatic carbocycles. The van der Waals surface area contributed by atoms with Gasteiger partial charge in [-0.15, -0.1) is 0 Å². The molecular weight excluding hydrogens is 456 g/mol. The van der Waals surface area contributed by atoms with Gasteiger partial charge in [0.25, 0.3) is 5.91 Å². The summed E-state index contributed by atoms with van der Waals surface area (Å²) in [5, 5.41) is 4.43. The molecule has 3 aromatic rings. The lowest BCUT2D eigenvalue weighted by Crippen LogP contribution is -2.17. The highest BCUT2D eigenvalue weighted by molar-refractivity contribution is 6.32. The summed E-state index contributed by atoms with van der Waals surface area (Å²) in [5.74, 6) is 1.56. The molecular formula is C26H27ClN2O5. The number of halogens is 1. The van der Waals surface area contributed by atoms with E-state index in [1.165, 1.54) is 20.4 Å². The quantitative estimate of drug-likeness (QED) is 0.289. The predicted molar refractivity (Wildman–Crippen MR) is 133 cm³/mol. The number of nitrogens with one attached hydrogen (secondary N) is 1. The number of hydrogen-bond acceptors (Lipinski definition) is 6. The summed E-state index contributed by atoms with van der Waals surface area (Å²) in [7, 11) is 3.06. The Labute approximate surface area is 204 Å². The van der Waals surface area contributed by atoms with Gasteiger partial charge in [-0.1, -0.05) is 48.9 Å². The fourth-order valence-electron chi connectivity index (χ4n) is 3.05. The Morgan fingerprint density at radius 2 is 1.74 bits per heavy atom. The SMILES string of the molecule is CCCOc1c(Cl)cc(/C=N/NC(=O)c2ccc(OCc3ccccc3)c(OC)c2)cc1OC. The lowest BCUT2D eigenvalue weighted by atomic mass is 10.2. The number of rotatable bonds is 11. The second-order valence-electron chi connectivity index (χ2n) is 7.22. The summed E-state index contributed by atoms with van der Waals surface area (Å²) in [6, 6.07) is 18.1. The monoisotopic (exact) mass is 482 g/mol. The molecule has 0 aliphatic heterocycles. The van der Waals surface area contributed by atoms with Gasteiger partial charge in [0, 0.05) is 5.56 Å². The van der Waals surface area contributed by atoms with Crippen molar-refractivity contribution in [3.05, 3.63) is 82.4 Å². The molecule has 0 aromatic heterocycles. The number of methoxy groups -OCH3 is 2. The van der Waals surface area contributed by atoms with Crippen molar-refractivity contribution in [1.82, 2.24) is 5.43 Å². The molecule has 8 heteroatoms. The van der Waals surface area contributed by atoms with E-state index in [-0.39, 0.29) is 0 Å². The first-order valence-electron chi connectivity index (χ1n) is 10.7. The second kappa shape index (κ2) is 12.5. The number of hydrogen-bond donors (Lipinski definition) is 1. The third-order valence-corrected chi connectivity index (χ3v) is 5.03. The van der Waals surface area contributed by atoms with Gasteiger partial charge in [-0.05, 0) is 47.9 Å². The molecule has 178 valence electrons. The molecule has 0 aliphatic rings. The summed E-state index contributed by atoms with van der Waals surface area (Å²) >= 11 is 6.32. The van der Waals surface area contributed by atoms with Crippen LogP contribution in [0.15, 0.2) is 65.8 Å². The van der Waals surface area contributed by atoms with Crippen LogP contribution in [0.25, 0.3) is 0 Å². The van der Waals surface area contributed by atoms with Crippen LogP contribution in [0.1, 0.15) is 34.8 Å². The summed E-state index contributed by atoms with van der Waals surface area (Å²) < 4.78 is 22.2. The zero-order valence-electron chi connectivity index (χ0n) is 19.3. The number of amides is 1. The molecule has 0 spiro atoms. The largest absolute Gasteiger partial charge is 0.493 e. The molecule has 0 saturated carbocycles. The Bertz CT molecular complexity index is 1140. The molecule has 1 amide bonds. The van der Waals surface area contributed by atoms with E-state index in [1.807, 2.05) is 37.3 Å². The fourth-order valence-corrected chi connectivity index (χ4v) is 3.33. The maximum atomic E-state index is 12.6. The highest BCUT2D eigenvalue weighted by Gasteiger charge is 2.13. The Morgan fingerprint density at radius 1 is 0.971 bits per heavy atom. The van der Waals surface area contributed by atoms with Crippen molar-refractivity contribution in [1.29, 1.82) is 0 Å². The van der Waals surface area contributed by atoms with Gasteiger partial charge >= 0.3 is 0 Å². The molecule has 7 nitrogen and oxygen atoms in total. The standard InChI is InChI=1S/C26H27ClN2O5/c1-4-12-33-25-21(27)13-19(14-24(25)32-3)16-28-29-26(30)20-10-11-22(23(15-20)31-2)34-17-18-8-6-5-7-9-18/h5-11,13-16H,4,12,17H2,1-3H3,(H,29,30)/b28-16+. The first-order chi connectivity index (χ1) is 16.5.